The van der Waals surface area contributed by atoms with Crippen LogP contribution in [0.3, 0.4) is 0 Å². The first kappa shape index (κ1) is 13.8. The lowest BCUT2D eigenvalue weighted by Gasteiger charge is -1.98. The summed E-state index contributed by atoms with van der Waals surface area (Å²) in [4.78, 5) is 11.6. The molecule has 1 heterocycles. The minimum absolute atomic E-state index is 0.0413. The maximum atomic E-state index is 11.6. The van der Waals surface area contributed by atoms with Crippen molar-refractivity contribution in [1.29, 1.82) is 0 Å². The van der Waals surface area contributed by atoms with E-state index in [1.165, 1.54) is 0 Å². The van der Waals surface area contributed by atoms with Gasteiger partial charge in [-0.05, 0) is 18.6 Å². The molecule has 5 heteroatoms. The number of rotatable bonds is 5. The Bertz CT molecular complexity index is 549. The van der Waals surface area contributed by atoms with Crippen LogP contribution in [0, 0.1) is 0 Å². The lowest BCUT2D eigenvalue weighted by atomic mass is 10.1. The summed E-state index contributed by atoms with van der Waals surface area (Å²) < 4.78 is 6.11. The molecule has 0 atom stereocenters. The van der Waals surface area contributed by atoms with Crippen LogP contribution in [0.25, 0.3) is 11.3 Å². The topological polar surface area (TPSA) is 55.1 Å². The van der Waals surface area contributed by atoms with Gasteiger partial charge in [-0.15, -0.1) is 0 Å². The quantitative estimate of drug-likeness (QED) is 0.896. The van der Waals surface area contributed by atoms with Crippen LogP contribution in [0.2, 0.25) is 0 Å². The molecule has 0 radical (unpaired) electrons. The van der Waals surface area contributed by atoms with E-state index < -0.39 is 0 Å². The van der Waals surface area contributed by atoms with Gasteiger partial charge >= 0.3 is 0 Å². The predicted molar refractivity (Wildman–Crippen MR) is 77.8 cm³/mol. The van der Waals surface area contributed by atoms with E-state index in [4.69, 9.17) is 4.52 Å². The van der Waals surface area contributed by atoms with E-state index in [1.807, 2.05) is 31.2 Å². The Balaban J connectivity index is 2.02. The number of hydrogen-bond acceptors (Lipinski definition) is 3. The molecule has 1 N–H and O–H groups in total. The Morgan fingerprint density at radius 3 is 2.79 bits per heavy atom. The number of anilines is 1. The fraction of sp³-hybridized carbons (Fsp3) is 0.286. The highest BCUT2D eigenvalue weighted by atomic mass is 79.9. The van der Waals surface area contributed by atoms with E-state index in [1.54, 1.807) is 6.07 Å². The fourth-order valence-corrected chi connectivity index (χ4v) is 1.89. The monoisotopic (exact) mass is 322 g/mol. The summed E-state index contributed by atoms with van der Waals surface area (Å²) in [6, 6.07) is 9.47. The van der Waals surface area contributed by atoms with Crippen molar-refractivity contribution in [3.05, 3.63) is 34.8 Å². The number of hydrogen-bond donors (Lipinski definition) is 1. The first-order chi connectivity index (χ1) is 9.19. The third kappa shape index (κ3) is 3.92. The third-order valence-electron chi connectivity index (χ3n) is 2.67. The third-order valence-corrected chi connectivity index (χ3v) is 3.20. The molecule has 2 rings (SSSR count). The highest BCUT2D eigenvalue weighted by molar-refractivity contribution is 9.10. The minimum Gasteiger partial charge on any atom is -0.338 e. The molecule has 0 saturated carbocycles. The SMILES string of the molecule is CCCCC(=O)Nc1cc(-c2ccc(Br)cc2)no1. The number of nitrogens with zero attached hydrogens (tertiary/aromatic N) is 1. The smallest absolute Gasteiger partial charge is 0.231 e. The maximum absolute atomic E-state index is 11.6. The van der Waals surface area contributed by atoms with Crippen molar-refractivity contribution in [2.24, 2.45) is 0 Å². The molecule has 0 bridgehead atoms. The average molecular weight is 323 g/mol. The van der Waals surface area contributed by atoms with E-state index in [0.717, 1.165) is 22.9 Å². The van der Waals surface area contributed by atoms with Crippen molar-refractivity contribution in [1.82, 2.24) is 5.16 Å². The molecule has 0 fully saturated rings. The molecule has 1 amide bonds. The molecule has 0 aliphatic heterocycles. The van der Waals surface area contributed by atoms with Gasteiger partial charge in [0.05, 0.1) is 0 Å². The van der Waals surface area contributed by atoms with Crippen molar-refractivity contribution in [3.8, 4) is 11.3 Å². The van der Waals surface area contributed by atoms with Gasteiger partial charge < -0.3 is 4.52 Å². The fourth-order valence-electron chi connectivity index (χ4n) is 1.63. The van der Waals surface area contributed by atoms with Crippen LogP contribution in [-0.4, -0.2) is 11.1 Å². The van der Waals surface area contributed by atoms with Crippen molar-refractivity contribution < 1.29 is 9.32 Å². The Morgan fingerprint density at radius 2 is 2.11 bits per heavy atom. The van der Waals surface area contributed by atoms with E-state index >= 15 is 0 Å². The zero-order valence-corrected chi connectivity index (χ0v) is 12.2. The number of nitrogens with one attached hydrogen (secondary N) is 1. The van der Waals surface area contributed by atoms with E-state index in [-0.39, 0.29) is 5.91 Å². The second-order valence-corrected chi connectivity index (χ2v) is 5.15. The molecule has 0 unspecified atom stereocenters. The molecule has 2 aromatic rings. The van der Waals surface area contributed by atoms with Crippen molar-refractivity contribution >= 4 is 27.7 Å². The maximum Gasteiger partial charge on any atom is 0.231 e. The molecular formula is C14H15BrN2O2. The Morgan fingerprint density at radius 1 is 1.37 bits per heavy atom. The molecule has 1 aromatic heterocycles. The average Bonchev–Trinajstić information content (AvgIpc) is 2.85. The normalized spacial score (nSPS) is 10.4. The number of halogens is 1. The Hall–Kier alpha value is -1.62. The first-order valence-corrected chi connectivity index (χ1v) is 7.01. The van der Waals surface area contributed by atoms with Gasteiger partial charge in [0.15, 0.2) is 0 Å². The second-order valence-electron chi connectivity index (χ2n) is 4.24. The zero-order valence-electron chi connectivity index (χ0n) is 10.6. The van der Waals surface area contributed by atoms with Gasteiger partial charge in [-0.3, -0.25) is 10.1 Å². The van der Waals surface area contributed by atoms with Gasteiger partial charge in [0.2, 0.25) is 11.8 Å². The van der Waals surface area contributed by atoms with Crippen LogP contribution in [0.1, 0.15) is 26.2 Å². The summed E-state index contributed by atoms with van der Waals surface area (Å²) in [5.41, 5.74) is 1.65. The van der Waals surface area contributed by atoms with Crippen molar-refractivity contribution in [2.45, 2.75) is 26.2 Å². The summed E-state index contributed by atoms with van der Waals surface area (Å²) in [7, 11) is 0. The lowest BCUT2D eigenvalue weighted by molar-refractivity contribution is -0.116. The molecule has 4 nitrogen and oxygen atoms in total. The Labute approximate surface area is 120 Å². The summed E-state index contributed by atoms with van der Waals surface area (Å²) in [6.45, 7) is 2.05. The van der Waals surface area contributed by atoms with Gasteiger partial charge in [-0.2, -0.15) is 0 Å². The van der Waals surface area contributed by atoms with Crippen LogP contribution in [0.5, 0.6) is 0 Å². The molecular weight excluding hydrogens is 308 g/mol. The van der Waals surface area contributed by atoms with Gasteiger partial charge in [-0.25, -0.2) is 0 Å². The van der Waals surface area contributed by atoms with Crippen LogP contribution in [0.4, 0.5) is 5.88 Å². The summed E-state index contributed by atoms with van der Waals surface area (Å²) in [6.07, 6.45) is 2.37. The van der Waals surface area contributed by atoms with Crippen LogP contribution in [-0.2, 0) is 4.79 Å². The molecule has 0 aliphatic rings. The van der Waals surface area contributed by atoms with Gasteiger partial charge in [-0.1, -0.05) is 46.6 Å². The van der Waals surface area contributed by atoms with Gasteiger partial charge in [0, 0.05) is 22.5 Å². The number of carbonyl (C=O) groups is 1. The molecule has 0 aliphatic carbocycles. The summed E-state index contributed by atoms with van der Waals surface area (Å²) in [5.74, 6) is 0.347. The number of aromatic nitrogens is 1. The molecule has 0 saturated heterocycles. The van der Waals surface area contributed by atoms with Crippen molar-refractivity contribution in [3.63, 3.8) is 0 Å². The summed E-state index contributed by atoms with van der Waals surface area (Å²) >= 11 is 3.38. The van der Waals surface area contributed by atoms with E-state index in [0.29, 0.717) is 18.0 Å². The Kier molecular flexibility index (Phi) is 4.74. The number of amides is 1. The van der Waals surface area contributed by atoms with Crippen LogP contribution >= 0.6 is 15.9 Å². The van der Waals surface area contributed by atoms with Crippen LogP contribution < -0.4 is 5.32 Å². The number of unbranched alkanes of at least 4 members (excludes halogenated alkanes) is 1. The molecule has 19 heavy (non-hydrogen) atoms. The molecule has 100 valence electrons. The highest BCUT2D eigenvalue weighted by Crippen LogP contribution is 2.23. The first-order valence-electron chi connectivity index (χ1n) is 6.21. The summed E-state index contributed by atoms with van der Waals surface area (Å²) in [5, 5.41) is 6.65. The zero-order chi connectivity index (χ0) is 13.7. The number of carbonyl (C=O) groups excluding carboxylic acids is 1. The van der Waals surface area contributed by atoms with E-state index in [2.05, 4.69) is 26.4 Å². The van der Waals surface area contributed by atoms with Crippen molar-refractivity contribution in [2.75, 3.05) is 5.32 Å². The lowest BCUT2D eigenvalue weighted by Crippen LogP contribution is -2.10. The largest absolute Gasteiger partial charge is 0.338 e. The standard InChI is InChI=1S/C14H15BrN2O2/c1-2-3-4-13(18)16-14-9-12(17-19-14)10-5-7-11(15)8-6-10/h5-9H,2-4H2,1H3,(H,16,18). The predicted octanol–water partition coefficient (Wildman–Crippen LogP) is 4.23. The second kappa shape index (κ2) is 6.52. The molecule has 0 spiro atoms. The number of benzene rings is 1. The van der Waals surface area contributed by atoms with Gasteiger partial charge in [0.1, 0.15) is 5.69 Å². The highest BCUT2D eigenvalue weighted by Gasteiger charge is 2.09. The van der Waals surface area contributed by atoms with Crippen LogP contribution in [0.15, 0.2) is 39.3 Å². The molecule has 1 aromatic carbocycles. The van der Waals surface area contributed by atoms with Gasteiger partial charge in [0.25, 0.3) is 0 Å². The van der Waals surface area contributed by atoms with E-state index in [9.17, 15) is 4.79 Å². The minimum atomic E-state index is -0.0413.